The van der Waals surface area contributed by atoms with Crippen LogP contribution in [0.2, 0.25) is 0 Å². The molecule has 0 aromatic heterocycles. The normalized spacial score (nSPS) is 12.2. The molecule has 0 saturated heterocycles. The monoisotopic (exact) mass is 236 g/mol. The molecule has 94 valence electrons. The zero-order chi connectivity index (χ0) is 12.8. The minimum Gasteiger partial charge on any atom is -0.465 e. The SMILES string of the molecule is CCC(C)c1cc(COC)cc(C(=O)OC)c1. The van der Waals surface area contributed by atoms with Crippen LogP contribution in [0, 0.1) is 0 Å². The van der Waals surface area contributed by atoms with E-state index in [1.54, 1.807) is 7.11 Å². The Labute approximate surface area is 103 Å². The standard InChI is InChI=1S/C14H20O3/c1-5-10(2)12-6-11(9-16-3)7-13(8-12)14(15)17-4/h6-8,10H,5,9H2,1-4H3. The molecule has 0 amide bonds. The van der Waals surface area contributed by atoms with Crippen LogP contribution in [0.15, 0.2) is 18.2 Å². The topological polar surface area (TPSA) is 35.5 Å². The molecule has 0 N–H and O–H groups in total. The molecule has 0 aliphatic carbocycles. The Hall–Kier alpha value is -1.35. The molecule has 3 heteroatoms. The summed E-state index contributed by atoms with van der Waals surface area (Å²) < 4.78 is 9.87. The molecule has 0 fully saturated rings. The third kappa shape index (κ3) is 3.56. The smallest absolute Gasteiger partial charge is 0.337 e. The highest BCUT2D eigenvalue weighted by Gasteiger charge is 2.11. The summed E-state index contributed by atoms with van der Waals surface area (Å²) in [6.07, 6.45) is 1.04. The lowest BCUT2D eigenvalue weighted by Crippen LogP contribution is -2.05. The van der Waals surface area contributed by atoms with Gasteiger partial charge < -0.3 is 9.47 Å². The highest BCUT2D eigenvalue weighted by molar-refractivity contribution is 5.89. The first-order chi connectivity index (χ1) is 8.12. The second-order valence-corrected chi connectivity index (χ2v) is 4.20. The number of hydrogen-bond acceptors (Lipinski definition) is 3. The zero-order valence-electron chi connectivity index (χ0n) is 10.9. The lowest BCUT2D eigenvalue weighted by Gasteiger charge is -2.13. The fourth-order valence-corrected chi connectivity index (χ4v) is 1.72. The largest absolute Gasteiger partial charge is 0.465 e. The lowest BCUT2D eigenvalue weighted by atomic mass is 9.94. The summed E-state index contributed by atoms with van der Waals surface area (Å²) in [7, 11) is 3.04. The maximum absolute atomic E-state index is 11.6. The highest BCUT2D eigenvalue weighted by Crippen LogP contribution is 2.22. The van der Waals surface area contributed by atoms with Gasteiger partial charge in [0.05, 0.1) is 19.3 Å². The van der Waals surface area contributed by atoms with E-state index in [1.165, 1.54) is 7.11 Å². The Balaban J connectivity index is 3.13. The zero-order valence-corrected chi connectivity index (χ0v) is 10.9. The van der Waals surface area contributed by atoms with Crippen LogP contribution >= 0.6 is 0 Å². The first-order valence-electron chi connectivity index (χ1n) is 5.83. The maximum Gasteiger partial charge on any atom is 0.337 e. The Bertz CT molecular complexity index is 385. The fourth-order valence-electron chi connectivity index (χ4n) is 1.72. The predicted molar refractivity (Wildman–Crippen MR) is 67.2 cm³/mol. The molecule has 0 bridgehead atoms. The Kier molecular flexibility index (Phi) is 5.16. The number of ether oxygens (including phenoxy) is 2. The second kappa shape index (κ2) is 6.40. The minimum atomic E-state index is -0.299. The molecule has 0 aliphatic heterocycles. The van der Waals surface area contributed by atoms with Gasteiger partial charge in [-0.3, -0.25) is 0 Å². The first kappa shape index (κ1) is 13.7. The van der Waals surface area contributed by atoms with Gasteiger partial charge >= 0.3 is 5.97 Å². The fraction of sp³-hybridized carbons (Fsp3) is 0.500. The summed E-state index contributed by atoms with van der Waals surface area (Å²) in [5, 5.41) is 0. The van der Waals surface area contributed by atoms with Crippen molar-refractivity contribution >= 4 is 5.97 Å². The molecule has 17 heavy (non-hydrogen) atoms. The van der Waals surface area contributed by atoms with Gasteiger partial charge in [-0.25, -0.2) is 4.79 Å². The van der Waals surface area contributed by atoms with Crippen LogP contribution < -0.4 is 0 Å². The van der Waals surface area contributed by atoms with Crippen LogP contribution in [0.4, 0.5) is 0 Å². The van der Waals surface area contributed by atoms with E-state index in [2.05, 4.69) is 19.9 Å². The number of carbonyl (C=O) groups excluding carboxylic acids is 1. The van der Waals surface area contributed by atoms with Crippen molar-refractivity contribution in [2.75, 3.05) is 14.2 Å². The number of rotatable bonds is 5. The molecule has 1 aromatic carbocycles. The molecule has 0 heterocycles. The van der Waals surface area contributed by atoms with E-state index in [0.29, 0.717) is 18.1 Å². The summed E-state index contributed by atoms with van der Waals surface area (Å²) >= 11 is 0. The summed E-state index contributed by atoms with van der Waals surface area (Å²) in [5.41, 5.74) is 2.76. The van der Waals surface area contributed by atoms with Gasteiger partial charge in [0.1, 0.15) is 0 Å². The van der Waals surface area contributed by atoms with Gasteiger partial charge in [-0.05, 0) is 35.6 Å². The molecule has 0 aliphatic rings. The minimum absolute atomic E-state index is 0.299. The van der Waals surface area contributed by atoms with Crippen molar-refractivity contribution in [1.82, 2.24) is 0 Å². The average molecular weight is 236 g/mol. The Morgan fingerprint density at radius 3 is 2.53 bits per heavy atom. The van der Waals surface area contributed by atoms with E-state index in [0.717, 1.165) is 17.5 Å². The summed E-state index contributed by atoms with van der Waals surface area (Å²) in [6.45, 7) is 4.78. The second-order valence-electron chi connectivity index (χ2n) is 4.20. The van der Waals surface area contributed by atoms with Crippen LogP contribution in [-0.2, 0) is 16.1 Å². The van der Waals surface area contributed by atoms with Gasteiger partial charge in [0.25, 0.3) is 0 Å². The van der Waals surface area contributed by atoms with E-state index in [-0.39, 0.29) is 5.97 Å². The van der Waals surface area contributed by atoms with Crippen molar-refractivity contribution in [1.29, 1.82) is 0 Å². The summed E-state index contributed by atoms with van der Waals surface area (Å²) in [4.78, 5) is 11.6. The third-order valence-electron chi connectivity index (χ3n) is 2.93. The van der Waals surface area contributed by atoms with E-state index >= 15 is 0 Å². The van der Waals surface area contributed by atoms with E-state index in [9.17, 15) is 4.79 Å². The number of carbonyl (C=O) groups is 1. The van der Waals surface area contributed by atoms with Gasteiger partial charge in [0, 0.05) is 7.11 Å². The van der Waals surface area contributed by atoms with Crippen molar-refractivity contribution < 1.29 is 14.3 Å². The van der Waals surface area contributed by atoms with Crippen molar-refractivity contribution in [2.24, 2.45) is 0 Å². The van der Waals surface area contributed by atoms with Crippen LogP contribution in [0.25, 0.3) is 0 Å². The molecule has 1 rings (SSSR count). The molecule has 1 atom stereocenters. The third-order valence-corrected chi connectivity index (χ3v) is 2.93. The van der Waals surface area contributed by atoms with Gasteiger partial charge in [0.15, 0.2) is 0 Å². The molecular formula is C14H20O3. The summed E-state index contributed by atoms with van der Waals surface area (Å²) in [5.74, 6) is 0.128. The van der Waals surface area contributed by atoms with Crippen LogP contribution in [0.1, 0.15) is 47.7 Å². The van der Waals surface area contributed by atoms with Crippen LogP contribution in [0.5, 0.6) is 0 Å². The molecule has 0 radical (unpaired) electrons. The maximum atomic E-state index is 11.6. The van der Waals surface area contributed by atoms with Gasteiger partial charge in [-0.2, -0.15) is 0 Å². The van der Waals surface area contributed by atoms with E-state index < -0.39 is 0 Å². The Morgan fingerprint density at radius 1 is 1.29 bits per heavy atom. The molecule has 3 nitrogen and oxygen atoms in total. The molecule has 1 unspecified atom stereocenters. The van der Waals surface area contributed by atoms with Gasteiger partial charge in [-0.15, -0.1) is 0 Å². The highest BCUT2D eigenvalue weighted by atomic mass is 16.5. The predicted octanol–water partition coefficient (Wildman–Crippen LogP) is 3.13. The first-order valence-corrected chi connectivity index (χ1v) is 5.83. The lowest BCUT2D eigenvalue weighted by molar-refractivity contribution is 0.0600. The number of esters is 1. The summed E-state index contributed by atoms with van der Waals surface area (Å²) in [6, 6.07) is 5.81. The quantitative estimate of drug-likeness (QED) is 0.737. The van der Waals surface area contributed by atoms with E-state index in [1.807, 2.05) is 12.1 Å². The number of hydrogen-bond donors (Lipinski definition) is 0. The average Bonchev–Trinajstić information content (AvgIpc) is 2.36. The molecular weight excluding hydrogens is 216 g/mol. The van der Waals surface area contributed by atoms with Gasteiger partial charge in [-0.1, -0.05) is 19.9 Å². The number of benzene rings is 1. The number of methoxy groups -OCH3 is 2. The van der Waals surface area contributed by atoms with Crippen LogP contribution in [0.3, 0.4) is 0 Å². The van der Waals surface area contributed by atoms with Crippen molar-refractivity contribution in [2.45, 2.75) is 32.8 Å². The van der Waals surface area contributed by atoms with Crippen molar-refractivity contribution in [3.8, 4) is 0 Å². The molecule has 0 spiro atoms. The van der Waals surface area contributed by atoms with Crippen molar-refractivity contribution in [3.05, 3.63) is 34.9 Å². The van der Waals surface area contributed by atoms with Gasteiger partial charge in [0.2, 0.25) is 0 Å². The van der Waals surface area contributed by atoms with E-state index in [4.69, 9.17) is 9.47 Å². The van der Waals surface area contributed by atoms with Crippen LogP contribution in [-0.4, -0.2) is 20.2 Å². The Morgan fingerprint density at radius 2 is 2.00 bits per heavy atom. The van der Waals surface area contributed by atoms with Crippen molar-refractivity contribution in [3.63, 3.8) is 0 Å². The molecule has 0 saturated carbocycles. The molecule has 1 aromatic rings.